The standard InChI is InChI=1S/C16H17N5O3/c1-9-5-10(2)7-12(6-9)21-14-13(18-19-21)15(22)20(8-17-14)11(3)16(23)24-4/h5-8,11H,1-4H3/t11-/m0/s1. The number of hydrogen-bond acceptors (Lipinski definition) is 6. The molecular weight excluding hydrogens is 310 g/mol. The van der Waals surface area contributed by atoms with Gasteiger partial charge in [0, 0.05) is 0 Å². The Bertz CT molecular complexity index is 969. The second kappa shape index (κ2) is 5.88. The summed E-state index contributed by atoms with van der Waals surface area (Å²) in [6.45, 7) is 5.53. The van der Waals surface area contributed by atoms with Gasteiger partial charge in [0.1, 0.15) is 12.4 Å². The summed E-state index contributed by atoms with van der Waals surface area (Å²) in [5.41, 5.74) is 2.93. The van der Waals surface area contributed by atoms with Crippen molar-refractivity contribution in [2.75, 3.05) is 7.11 Å². The minimum atomic E-state index is -0.786. The quantitative estimate of drug-likeness (QED) is 0.674. The number of aryl methyl sites for hydroxylation is 2. The average molecular weight is 327 g/mol. The fraction of sp³-hybridized carbons (Fsp3) is 0.312. The zero-order chi connectivity index (χ0) is 17.4. The molecule has 0 fully saturated rings. The molecule has 0 saturated heterocycles. The SMILES string of the molecule is COC(=O)[C@H](C)n1cnc2c(nnn2-c2cc(C)cc(C)c2)c1=O. The first kappa shape index (κ1) is 15.9. The summed E-state index contributed by atoms with van der Waals surface area (Å²) >= 11 is 0. The first-order chi connectivity index (χ1) is 11.4. The molecule has 1 aromatic carbocycles. The van der Waals surface area contributed by atoms with E-state index in [2.05, 4.69) is 20.0 Å². The Kier molecular flexibility index (Phi) is 3.88. The molecule has 8 heteroatoms. The van der Waals surface area contributed by atoms with Crippen molar-refractivity contribution in [1.82, 2.24) is 24.5 Å². The molecule has 1 atom stereocenters. The van der Waals surface area contributed by atoms with Crippen molar-refractivity contribution in [3.05, 3.63) is 46.0 Å². The van der Waals surface area contributed by atoms with Crippen molar-refractivity contribution in [2.45, 2.75) is 26.8 Å². The largest absolute Gasteiger partial charge is 0.467 e. The molecule has 0 bridgehead atoms. The van der Waals surface area contributed by atoms with Gasteiger partial charge in [0.05, 0.1) is 12.8 Å². The summed E-state index contributed by atoms with van der Waals surface area (Å²) < 4.78 is 7.37. The van der Waals surface area contributed by atoms with Crippen molar-refractivity contribution in [3.63, 3.8) is 0 Å². The van der Waals surface area contributed by atoms with Crippen LogP contribution in [0.25, 0.3) is 16.9 Å². The highest BCUT2D eigenvalue weighted by molar-refractivity contribution is 5.75. The van der Waals surface area contributed by atoms with Gasteiger partial charge in [-0.25, -0.2) is 9.78 Å². The highest BCUT2D eigenvalue weighted by Crippen LogP contribution is 2.16. The molecule has 0 radical (unpaired) electrons. The number of methoxy groups -OCH3 is 1. The number of rotatable bonds is 3. The minimum Gasteiger partial charge on any atom is -0.467 e. The minimum absolute atomic E-state index is 0.104. The van der Waals surface area contributed by atoms with E-state index in [1.54, 1.807) is 6.92 Å². The number of esters is 1. The third kappa shape index (κ3) is 2.55. The van der Waals surface area contributed by atoms with Crippen LogP contribution in [0.1, 0.15) is 24.1 Å². The lowest BCUT2D eigenvalue weighted by atomic mass is 10.1. The third-order valence-electron chi connectivity index (χ3n) is 3.80. The molecule has 0 amide bonds. The molecule has 0 unspecified atom stereocenters. The fourth-order valence-electron chi connectivity index (χ4n) is 2.63. The number of aromatic nitrogens is 5. The molecule has 124 valence electrons. The number of fused-ring (bicyclic) bond motifs is 1. The van der Waals surface area contributed by atoms with Crippen LogP contribution >= 0.6 is 0 Å². The molecule has 24 heavy (non-hydrogen) atoms. The van der Waals surface area contributed by atoms with Gasteiger partial charge in [-0.3, -0.25) is 9.36 Å². The lowest BCUT2D eigenvalue weighted by Gasteiger charge is -2.11. The zero-order valence-corrected chi connectivity index (χ0v) is 13.8. The second-order valence-corrected chi connectivity index (χ2v) is 5.68. The highest BCUT2D eigenvalue weighted by Gasteiger charge is 2.20. The summed E-state index contributed by atoms with van der Waals surface area (Å²) in [5.74, 6) is -0.528. The molecule has 3 aromatic rings. The van der Waals surface area contributed by atoms with E-state index < -0.39 is 17.6 Å². The smallest absolute Gasteiger partial charge is 0.328 e. The van der Waals surface area contributed by atoms with Crippen molar-refractivity contribution in [2.24, 2.45) is 0 Å². The van der Waals surface area contributed by atoms with Crippen LogP contribution in [0.5, 0.6) is 0 Å². The van der Waals surface area contributed by atoms with Crippen LogP contribution in [-0.2, 0) is 9.53 Å². The van der Waals surface area contributed by atoms with E-state index in [-0.39, 0.29) is 5.52 Å². The van der Waals surface area contributed by atoms with Crippen LogP contribution < -0.4 is 5.56 Å². The molecule has 3 rings (SSSR count). The van der Waals surface area contributed by atoms with Crippen LogP contribution in [0.4, 0.5) is 0 Å². The van der Waals surface area contributed by atoms with E-state index in [1.807, 2.05) is 32.0 Å². The van der Waals surface area contributed by atoms with Gasteiger partial charge < -0.3 is 4.74 Å². The number of carbonyl (C=O) groups excluding carboxylic acids is 1. The van der Waals surface area contributed by atoms with Gasteiger partial charge in [-0.1, -0.05) is 11.3 Å². The summed E-state index contributed by atoms with van der Waals surface area (Å²) in [6, 6.07) is 5.13. The van der Waals surface area contributed by atoms with E-state index >= 15 is 0 Å². The van der Waals surface area contributed by atoms with Crippen LogP contribution in [0.3, 0.4) is 0 Å². The van der Waals surface area contributed by atoms with Crippen molar-refractivity contribution < 1.29 is 9.53 Å². The van der Waals surface area contributed by atoms with E-state index in [4.69, 9.17) is 0 Å². The number of benzene rings is 1. The topological polar surface area (TPSA) is 91.9 Å². The van der Waals surface area contributed by atoms with Crippen molar-refractivity contribution >= 4 is 17.1 Å². The first-order valence-corrected chi connectivity index (χ1v) is 7.41. The molecule has 0 N–H and O–H groups in total. The van der Waals surface area contributed by atoms with Gasteiger partial charge in [0.2, 0.25) is 0 Å². The Balaban J connectivity index is 2.17. The Morgan fingerprint density at radius 2 is 1.88 bits per heavy atom. The molecule has 2 aromatic heterocycles. The number of nitrogens with zero attached hydrogens (tertiary/aromatic N) is 5. The maximum absolute atomic E-state index is 12.6. The molecule has 0 aliphatic heterocycles. The van der Waals surface area contributed by atoms with Crippen molar-refractivity contribution in [1.29, 1.82) is 0 Å². The van der Waals surface area contributed by atoms with Gasteiger partial charge in [-0.2, -0.15) is 4.68 Å². The molecule has 0 spiro atoms. The Labute approximate surface area is 137 Å². The van der Waals surface area contributed by atoms with E-state index in [0.717, 1.165) is 16.8 Å². The van der Waals surface area contributed by atoms with Gasteiger partial charge >= 0.3 is 5.97 Å². The molecule has 0 aliphatic carbocycles. The summed E-state index contributed by atoms with van der Waals surface area (Å²) in [5, 5.41) is 8.00. The monoisotopic (exact) mass is 327 g/mol. The van der Waals surface area contributed by atoms with Crippen LogP contribution in [0.2, 0.25) is 0 Å². The Morgan fingerprint density at radius 1 is 1.21 bits per heavy atom. The predicted octanol–water partition coefficient (Wildman–Crippen LogP) is 1.33. The number of carbonyl (C=O) groups is 1. The maximum atomic E-state index is 12.6. The zero-order valence-electron chi connectivity index (χ0n) is 13.8. The summed E-state index contributed by atoms with van der Waals surface area (Å²) in [7, 11) is 1.27. The average Bonchev–Trinajstić information content (AvgIpc) is 2.98. The molecule has 8 nitrogen and oxygen atoms in total. The Hall–Kier alpha value is -3.03. The molecular formula is C16H17N5O3. The molecule has 0 saturated carbocycles. The summed E-state index contributed by atoms with van der Waals surface area (Å²) in [6.07, 6.45) is 1.31. The normalized spacial score (nSPS) is 12.3. The predicted molar refractivity (Wildman–Crippen MR) is 87.1 cm³/mol. The fourth-order valence-corrected chi connectivity index (χ4v) is 2.63. The maximum Gasteiger partial charge on any atom is 0.328 e. The summed E-state index contributed by atoms with van der Waals surface area (Å²) in [4.78, 5) is 28.5. The van der Waals surface area contributed by atoms with Gasteiger partial charge in [-0.15, -0.1) is 5.10 Å². The molecule has 2 heterocycles. The second-order valence-electron chi connectivity index (χ2n) is 5.68. The lowest BCUT2D eigenvalue weighted by Crippen LogP contribution is -2.29. The third-order valence-corrected chi connectivity index (χ3v) is 3.80. The van der Waals surface area contributed by atoms with Gasteiger partial charge in [0.25, 0.3) is 5.56 Å². The van der Waals surface area contributed by atoms with Gasteiger partial charge in [-0.05, 0) is 44.0 Å². The highest BCUT2D eigenvalue weighted by atomic mass is 16.5. The first-order valence-electron chi connectivity index (χ1n) is 7.41. The van der Waals surface area contributed by atoms with Crippen LogP contribution in [0.15, 0.2) is 29.3 Å². The lowest BCUT2D eigenvalue weighted by molar-refractivity contribution is -0.144. The number of hydrogen-bond donors (Lipinski definition) is 0. The van der Waals surface area contributed by atoms with E-state index in [1.165, 1.54) is 22.7 Å². The van der Waals surface area contributed by atoms with Crippen LogP contribution in [-0.4, -0.2) is 37.6 Å². The van der Waals surface area contributed by atoms with E-state index in [0.29, 0.717) is 5.65 Å². The van der Waals surface area contributed by atoms with Gasteiger partial charge in [0.15, 0.2) is 11.2 Å². The Morgan fingerprint density at radius 3 is 2.50 bits per heavy atom. The number of ether oxygens (including phenoxy) is 1. The molecule has 0 aliphatic rings. The van der Waals surface area contributed by atoms with E-state index in [9.17, 15) is 9.59 Å². The van der Waals surface area contributed by atoms with Crippen LogP contribution in [0, 0.1) is 13.8 Å². The van der Waals surface area contributed by atoms with Crippen molar-refractivity contribution in [3.8, 4) is 5.69 Å².